The zero-order chi connectivity index (χ0) is 12.7. The highest BCUT2D eigenvalue weighted by atomic mass is 16.2. The zero-order valence-corrected chi connectivity index (χ0v) is 10.8. The van der Waals surface area contributed by atoms with Crippen molar-refractivity contribution in [3.63, 3.8) is 0 Å². The maximum atomic E-state index is 11.5. The number of carbonyl (C=O) groups is 1. The lowest BCUT2D eigenvalue weighted by Gasteiger charge is -2.13. The number of unbranched alkanes of at least 4 members (excludes halogenated alkanes) is 1. The van der Waals surface area contributed by atoms with Gasteiger partial charge in [0.05, 0.1) is 0 Å². The fraction of sp³-hybridized carbons (Fsp3) is 0.462. The van der Waals surface area contributed by atoms with Crippen LogP contribution in [0.5, 0.6) is 0 Å². The predicted molar refractivity (Wildman–Crippen MR) is 72.7 cm³/mol. The molecule has 4 heteroatoms. The summed E-state index contributed by atoms with van der Waals surface area (Å²) in [4.78, 5) is 13.5. The van der Waals surface area contributed by atoms with Gasteiger partial charge in [-0.1, -0.05) is 13.3 Å². The largest absolute Gasteiger partial charge is 0.378 e. The van der Waals surface area contributed by atoms with Crippen LogP contribution in [0.2, 0.25) is 0 Å². The molecule has 2 amide bonds. The number of hydrogen-bond donors (Lipinski definition) is 2. The van der Waals surface area contributed by atoms with E-state index in [4.69, 9.17) is 0 Å². The van der Waals surface area contributed by atoms with Crippen LogP contribution < -0.4 is 15.5 Å². The first kappa shape index (κ1) is 13.4. The number of hydrogen-bond acceptors (Lipinski definition) is 2. The normalized spacial score (nSPS) is 9.82. The predicted octanol–water partition coefficient (Wildman–Crippen LogP) is 2.67. The second-order valence-corrected chi connectivity index (χ2v) is 4.18. The van der Waals surface area contributed by atoms with E-state index in [0.29, 0.717) is 0 Å². The van der Waals surface area contributed by atoms with Gasteiger partial charge in [0.15, 0.2) is 0 Å². The first-order chi connectivity index (χ1) is 8.13. The summed E-state index contributed by atoms with van der Waals surface area (Å²) >= 11 is 0. The van der Waals surface area contributed by atoms with E-state index < -0.39 is 0 Å². The minimum atomic E-state index is -0.143. The van der Waals surface area contributed by atoms with Crippen molar-refractivity contribution in [1.29, 1.82) is 0 Å². The summed E-state index contributed by atoms with van der Waals surface area (Å²) in [6.07, 6.45) is 2.09. The Morgan fingerprint density at radius 3 is 2.41 bits per heavy atom. The number of nitrogens with zero attached hydrogens (tertiary/aromatic N) is 1. The summed E-state index contributed by atoms with van der Waals surface area (Å²) in [5.74, 6) is 0. The molecular weight excluding hydrogens is 214 g/mol. The number of nitrogens with one attached hydrogen (secondary N) is 2. The van der Waals surface area contributed by atoms with Crippen LogP contribution in [0, 0.1) is 0 Å². The van der Waals surface area contributed by atoms with Crippen molar-refractivity contribution in [2.24, 2.45) is 0 Å². The molecule has 0 aromatic heterocycles. The van der Waals surface area contributed by atoms with Crippen molar-refractivity contribution in [1.82, 2.24) is 5.32 Å². The molecule has 4 nitrogen and oxygen atoms in total. The molecular formula is C13H21N3O. The van der Waals surface area contributed by atoms with Gasteiger partial charge in [0.1, 0.15) is 0 Å². The molecule has 0 spiro atoms. The summed E-state index contributed by atoms with van der Waals surface area (Å²) in [7, 11) is 3.97. The average Bonchev–Trinajstić information content (AvgIpc) is 2.30. The van der Waals surface area contributed by atoms with Crippen molar-refractivity contribution < 1.29 is 4.79 Å². The molecule has 0 aliphatic carbocycles. The Bertz CT molecular complexity index is 346. The van der Waals surface area contributed by atoms with Gasteiger partial charge in [-0.3, -0.25) is 0 Å². The van der Waals surface area contributed by atoms with Crippen LogP contribution in [0.25, 0.3) is 0 Å². The van der Waals surface area contributed by atoms with Gasteiger partial charge in [0, 0.05) is 32.0 Å². The number of benzene rings is 1. The molecule has 94 valence electrons. The van der Waals surface area contributed by atoms with Crippen LogP contribution in [-0.2, 0) is 0 Å². The Morgan fingerprint density at radius 1 is 1.24 bits per heavy atom. The Morgan fingerprint density at radius 2 is 1.88 bits per heavy atom. The van der Waals surface area contributed by atoms with Gasteiger partial charge < -0.3 is 15.5 Å². The van der Waals surface area contributed by atoms with Crippen LogP contribution in [-0.4, -0.2) is 26.7 Å². The molecule has 0 aliphatic rings. The highest BCUT2D eigenvalue weighted by Crippen LogP contribution is 2.15. The lowest BCUT2D eigenvalue weighted by atomic mass is 10.2. The van der Waals surface area contributed by atoms with Crippen molar-refractivity contribution >= 4 is 17.4 Å². The first-order valence-corrected chi connectivity index (χ1v) is 5.95. The van der Waals surface area contributed by atoms with E-state index >= 15 is 0 Å². The van der Waals surface area contributed by atoms with Gasteiger partial charge >= 0.3 is 6.03 Å². The molecule has 0 unspecified atom stereocenters. The Labute approximate surface area is 103 Å². The number of urea groups is 1. The summed E-state index contributed by atoms with van der Waals surface area (Å²) in [6.45, 7) is 2.82. The lowest BCUT2D eigenvalue weighted by Crippen LogP contribution is -2.29. The molecule has 0 saturated heterocycles. The molecule has 0 aliphatic heterocycles. The molecule has 1 aromatic carbocycles. The van der Waals surface area contributed by atoms with E-state index in [9.17, 15) is 4.79 Å². The number of anilines is 2. The van der Waals surface area contributed by atoms with E-state index in [1.807, 2.05) is 43.3 Å². The van der Waals surface area contributed by atoms with Crippen LogP contribution in [0.4, 0.5) is 16.2 Å². The van der Waals surface area contributed by atoms with Crippen molar-refractivity contribution in [2.75, 3.05) is 30.9 Å². The van der Waals surface area contributed by atoms with Crippen molar-refractivity contribution in [2.45, 2.75) is 19.8 Å². The van der Waals surface area contributed by atoms with Crippen LogP contribution in [0.15, 0.2) is 24.3 Å². The third kappa shape index (κ3) is 4.76. The van der Waals surface area contributed by atoms with E-state index in [0.717, 1.165) is 30.8 Å². The molecule has 0 saturated carbocycles. The quantitative estimate of drug-likeness (QED) is 0.771. The van der Waals surface area contributed by atoms with Crippen LogP contribution >= 0.6 is 0 Å². The fourth-order valence-electron chi connectivity index (χ4n) is 1.40. The molecule has 0 heterocycles. The van der Waals surface area contributed by atoms with E-state index in [1.165, 1.54) is 0 Å². The van der Waals surface area contributed by atoms with Gasteiger partial charge in [0.2, 0.25) is 0 Å². The molecule has 17 heavy (non-hydrogen) atoms. The SMILES string of the molecule is CCCCNC(=O)Nc1ccc(N(C)C)cc1. The molecule has 0 atom stereocenters. The molecule has 1 aromatic rings. The van der Waals surface area contributed by atoms with Gasteiger partial charge in [-0.05, 0) is 30.7 Å². The third-order valence-electron chi connectivity index (χ3n) is 2.46. The minimum Gasteiger partial charge on any atom is -0.378 e. The van der Waals surface area contributed by atoms with Gasteiger partial charge in [-0.15, -0.1) is 0 Å². The first-order valence-electron chi connectivity index (χ1n) is 5.95. The molecule has 1 rings (SSSR count). The summed E-state index contributed by atoms with van der Waals surface area (Å²) in [5, 5.41) is 5.61. The van der Waals surface area contributed by atoms with Crippen molar-refractivity contribution in [3.05, 3.63) is 24.3 Å². The number of amides is 2. The van der Waals surface area contributed by atoms with Gasteiger partial charge in [0.25, 0.3) is 0 Å². The highest BCUT2D eigenvalue weighted by Gasteiger charge is 2.01. The molecule has 0 fully saturated rings. The Balaban J connectivity index is 2.43. The van der Waals surface area contributed by atoms with E-state index in [-0.39, 0.29) is 6.03 Å². The summed E-state index contributed by atoms with van der Waals surface area (Å²) in [5.41, 5.74) is 1.92. The standard InChI is InChI=1S/C13H21N3O/c1-4-5-10-14-13(17)15-11-6-8-12(9-7-11)16(2)3/h6-9H,4-5,10H2,1-3H3,(H2,14,15,17). The smallest absolute Gasteiger partial charge is 0.319 e. The summed E-state index contributed by atoms with van der Waals surface area (Å²) in [6, 6.07) is 7.60. The average molecular weight is 235 g/mol. The monoisotopic (exact) mass is 235 g/mol. The Kier molecular flexibility index (Phi) is 5.33. The molecule has 2 N–H and O–H groups in total. The second kappa shape index (κ2) is 6.78. The van der Waals surface area contributed by atoms with E-state index in [1.54, 1.807) is 0 Å². The number of carbonyl (C=O) groups excluding carboxylic acids is 1. The highest BCUT2D eigenvalue weighted by molar-refractivity contribution is 5.89. The Hall–Kier alpha value is -1.71. The van der Waals surface area contributed by atoms with Crippen LogP contribution in [0.3, 0.4) is 0 Å². The molecule has 0 radical (unpaired) electrons. The zero-order valence-electron chi connectivity index (χ0n) is 10.8. The third-order valence-corrected chi connectivity index (χ3v) is 2.46. The van der Waals surface area contributed by atoms with Gasteiger partial charge in [-0.2, -0.15) is 0 Å². The maximum absolute atomic E-state index is 11.5. The van der Waals surface area contributed by atoms with Crippen molar-refractivity contribution in [3.8, 4) is 0 Å². The topological polar surface area (TPSA) is 44.4 Å². The fourth-order valence-corrected chi connectivity index (χ4v) is 1.40. The second-order valence-electron chi connectivity index (χ2n) is 4.18. The maximum Gasteiger partial charge on any atom is 0.319 e. The van der Waals surface area contributed by atoms with E-state index in [2.05, 4.69) is 17.6 Å². The number of rotatable bonds is 5. The van der Waals surface area contributed by atoms with Gasteiger partial charge in [-0.25, -0.2) is 4.79 Å². The minimum absolute atomic E-state index is 0.143. The summed E-state index contributed by atoms with van der Waals surface area (Å²) < 4.78 is 0. The molecule has 0 bridgehead atoms. The lowest BCUT2D eigenvalue weighted by molar-refractivity contribution is 0.252. The van der Waals surface area contributed by atoms with Crippen LogP contribution in [0.1, 0.15) is 19.8 Å².